The summed E-state index contributed by atoms with van der Waals surface area (Å²) in [5.74, 6) is -0.244. The zero-order valence-corrected chi connectivity index (χ0v) is 15.6. The van der Waals surface area contributed by atoms with E-state index in [0.29, 0.717) is 26.3 Å². The van der Waals surface area contributed by atoms with Crippen LogP contribution < -0.4 is 5.32 Å². The van der Waals surface area contributed by atoms with Crippen LogP contribution in [-0.4, -0.2) is 54.5 Å². The molecule has 0 spiro atoms. The molecule has 2 heterocycles. The fraction of sp³-hybridized carbons (Fsp3) is 0.412. The first kappa shape index (κ1) is 18.6. The second-order valence-corrected chi connectivity index (χ2v) is 8.08. The summed E-state index contributed by atoms with van der Waals surface area (Å²) in [6.45, 7) is 5.26. The van der Waals surface area contributed by atoms with Crippen molar-refractivity contribution in [3.8, 4) is 0 Å². The number of sulfonamides is 1. The van der Waals surface area contributed by atoms with Crippen molar-refractivity contribution in [3.05, 3.63) is 41.9 Å². The van der Waals surface area contributed by atoms with Crippen molar-refractivity contribution in [1.29, 1.82) is 0 Å². The molecule has 1 amide bonds. The predicted molar refractivity (Wildman–Crippen MR) is 96.4 cm³/mol. The number of ether oxygens (including phenoxy) is 1. The Hall–Kier alpha value is -2.23. The molecule has 1 saturated heterocycles. The van der Waals surface area contributed by atoms with Crippen LogP contribution in [0.5, 0.6) is 0 Å². The number of aromatic nitrogens is 2. The van der Waals surface area contributed by atoms with Crippen LogP contribution >= 0.6 is 0 Å². The Morgan fingerprint density at radius 3 is 2.73 bits per heavy atom. The molecule has 9 heteroatoms. The first-order valence-electron chi connectivity index (χ1n) is 8.33. The van der Waals surface area contributed by atoms with Gasteiger partial charge in [0.25, 0.3) is 10.0 Å². The lowest BCUT2D eigenvalue weighted by Gasteiger charge is -2.24. The lowest BCUT2D eigenvalue weighted by molar-refractivity contribution is -0.116. The van der Waals surface area contributed by atoms with E-state index >= 15 is 0 Å². The van der Waals surface area contributed by atoms with Crippen LogP contribution in [0.4, 0.5) is 5.69 Å². The molecule has 1 aromatic carbocycles. The largest absolute Gasteiger partial charge is 0.379 e. The van der Waals surface area contributed by atoms with Gasteiger partial charge in [0.1, 0.15) is 6.54 Å². The number of nitrogens with zero attached hydrogens (tertiary/aromatic N) is 3. The number of aryl methyl sites for hydroxylation is 1. The molecule has 0 bridgehead atoms. The second kappa shape index (κ2) is 7.56. The third-order valence-electron chi connectivity index (χ3n) is 4.39. The molecule has 8 nitrogen and oxygen atoms in total. The Morgan fingerprint density at radius 2 is 2.00 bits per heavy atom. The molecule has 1 aliphatic rings. The summed E-state index contributed by atoms with van der Waals surface area (Å²) in [7, 11) is -3.66. The van der Waals surface area contributed by atoms with Gasteiger partial charge in [0.05, 0.1) is 19.5 Å². The van der Waals surface area contributed by atoms with Gasteiger partial charge in [-0.3, -0.25) is 4.79 Å². The number of morpholine rings is 1. The van der Waals surface area contributed by atoms with E-state index in [-0.39, 0.29) is 17.5 Å². The summed E-state index contributed by atoms with van der Waals surface area (Å²) in [4.78, 5) is 16.2. The number of hydrogen-bond donors (Lipinski definition) is 1. The zero-order chi connectivity index (χ0) is 18.7. The lowest BCUT2D eigenvalue weighted by atomic mass is 10.1. The van der Waals surface area contributed by atoms with Crippen molar-refractivity contribution < 1.29 is 17.9 Å². The molecular formula is C17H22N4O4S. The van der Waals surface area contributed by atoms with E-state index in [1.54, 1.807) is 0 Å². The number of carbonyl (C=O) groups excluding carboxylic acids is 1. The van der Waals surface area contributed by atoms with Gasteiger partial charge in [-0.15, -0.1) is 0 Å². The molecule has 1 aliphatic heterocycles. The van der Waals surface area contributed by atoms with Crippen LogP contribution in [0.15, 0.2) is 35.7 Å². The number of benzene rings is 1. The zero-order valence-electron chi connectivity index (χ0n) is 14.8. The SMILES string of the molecule is Cc1cccc(NC(=O)Cn2cnc(S(=O)(=O)N3CCOCC3)c2)c1C. The van der Waals surface area contributed by atoms with Crippen LogP contribution in [0.1, 0.15) is 11.1 Å². The summed E-state index contributed by atoms with van der Waals surface area (Å²) in [5.41, 5.74) is 2.84. The maximum absolute atomic E-state index is 12.6. The molecule has 0 unspecified atom stereocenters. The van der Waals surface area contributed by atoms with Crippen LogP contribution in [0, 0.1) is 13.8 Å². The number of imidazole rings is 1. The summed E-state index contributed by atoms with van der Waals surface area (Å²) in [5, 5.41) is 2.79. The molecule has 3 rings (SSSR count). The third-order valence-corrected chi connectivity index (χ3v) is 6.17. The van der Waals surface area contributed by atoms with E-state index in [4.69, 9.17) is 4.74 Å². The van der Waals surface area contributed by atoms with Crippen LogP contribution in [0.3, 0.4) is 0 Å². The van der Waals surface area contributed by atoms with Crippen LogP contribution in [-0.2, 0) is 26.1 Å². The molecule has 0 atom stereocenters. The number of amides is 1. The number of nitrogens with one attached hydrogen (secondary N) is 1. The molecule has 0 radical (unpaired) electrons. The fourth-order valence-electron chi connectivity index (χ4n) is 2.72. The molecule has 1 aromatic heterocycles. The minimum Gasteiger partial charge on any atom is -0.379 e. The van der Waals surface area contributed by atoms with Crippen molar-refractivity contribution in [2.24, 2.45) is 0 Å². The Bertz CT molecular complexity index is 901. The Labute approximate surface area is 152 Å². The summed E-state index contributed by atoms with van der Waals surface area (Å²) in [6.07, 6.45) is 2.74. The van der Waals surface area contributed by atoms with Gasteiger partial charge in [-0.2, -0.15) is 4.31 Å². The van der Waals surface area contributed by atoms with Gasteiger partial charge in [-0.25, -0.2) is 13.4 Å². The van der Waals surface area contributed by atoms with Crippen molar-refractivity contribution in [2.45, 2.75) is 25.4 Å². The van der Waals surface area contributed by atoms with E-state index < -0.39 is 10.0 Å². The molecule has 1 N–H and O–H groups in total. The standard InChI is InChI=1S/C17H22N4O4S/c1-13-4-3-5-15(14(13)2)19-16(22)10-20-11-17(18-12-20)26(23,24)21-6-8-25-9-7-21/h3-5,11-12H,6-10H2,1-2H3,(H,19,22). The van der Waals surface area contributed by atoms with Gasteiger partial charge >= 0.3 is 0 Å². The summed E-state index contributed by atoms with van der Waals surface area (Å²) < 4.78 is 33.1. The topological polar surface area (TPSA) is 93.5 Å². The van der Waals surface area contributed by atoms with Crippen LogP contribution in [0.2, 0.25) is 0 Å². The normalized spacial score (nSPS) is 15.8. The quantitative estimate of drug-likeness (QED) is 0.843. The smallest absolute Gasteiger partial charge is 0.262 e. The first-order valence-corrected chi connectivity index (χ1v) is 9.77. The minimum atomic E-state index is -3.66. The summed E-state index contributed by atoms with van der Waals surface area (Å²) in [6, 6.07) is 5.69. The Kier molecular flexibility index (Phi) is 5.40. The molecule has 26 heavy (non-hydrogen) atoms. The van der Waals surface area contributed by atoms with E-state index in [9.17, 15) is 13.2 Å². The lowest BCUT2D eigenvalue weighted by Crippen LogP contribution is -2.40. The van der Waals surface area contributed by atoms with Gasteiger partial charge in [0.2, 0.25) is 5.91 Å². The molecule has 1 fully saturated rings. The monoisotopic (exact) mass is 378 g/mol. The molecule has 140 valence electrons. The van der Waals surface area contributed by atoms with Gasteiger partial charge in [-0.05, 0) is 31.0 Å². The maximum atomic E-state index is 12.6. The van der Waals surface area contributed by atoms with E-state index in [0.717, 1.165) is 16.8 Å². The molecule has 0 saturated carbocycles. The molecule has 0 aliphatic carbocycles. The Morgan fingerprint density at radius 1 is 1.27 bits per heavy atom. The van der Waals surface area contributed by atoms with E-state index in [2.05, 4.69) is 10.3 Å². The van der Waals surface area contributed by atoms with E-state index in [1.165, 1.54) is 21.4 Å². The number of rotatable bonds is 5. The highest BCUT2D eigenvalue weighted by Gasteiger charge is 2.28. The first-order chi connectivity index (χ1) is 12.4. The van der Waals surface area contributed by atoms with Gasteiger partial charge in [0, 0.05) is 25.0 Å². The van der Waals surface area contributed by atoms with E-state index in [1.807, 2.05) is 32.0 Å². The average Bonchev–Trinajstić information content (AvgIpc) is 3.09. The Balaban J connectivity index is 1.68. The highest BCUT2D eigenvalue weighted by Crippen LogP contribution is 2.18. The highest BCUT2D eigenvalue weighted by atomic mass is 32.2. The average molecular weight is 378 g/mol. The van der Waals surface area contributed by atoms with Gasteiger partial charge in [0.15, 0.2) is 5.03 Å². The van der Waals surface area contributed by atoms with Crippen molar-refractivity contribution in [3.63, 3.8) is 0 Å². The number of anilines is 1. The van der Waals surface area contributed by atoms with Crippen molar-refractivity contribution in [2.75, 3.05) is 31.6 Å². The van der Waals surface area contributed by atoms with Gasteiger partial charge in [-0.1, -0.05) is 12.1 Å². The molecular weight excluding hydrogens is 356 g/mol. The minimum absolute atomic E-state index is 0.0149. The second-order valence-electron chi connectivity index (χ2n) is 6.20. The maximum Gasteiger partial charge on any atom is 0.262 e. The van der Waals surface area contributed by atoms with Gasteiger partial charge < -0.3 is 14.6 Å². The van der Waals surface area contributed by atoms with Crippen molar-refractivity contribution >= 4 is 21.6 Å². The molecule has 2 aromatic rings. The van der Waals surface area contributed by atoms with Crippen molar-refractivity contribution in [1.82, 2.24) is 13.9 Å². The number of hydrogen-bond acceptors (Lipinski definition) is 5. The third kappa shape index (κ3) is 3.95. The highest BCUT2D eigenvalue weighted by molar-refractivity contribution is 7.89. The fourth-order valence-corrected chi connectivity index (χ4v) is 4.06. The number of carbonyl (C=O) groups is 1. The predicted octanol–water partition coefficient (Wildman–Crippen LogP) is 1.16. The van der Waals surface area contributed by atoms with Crippen LogP contribution in [0.25, 0.3) is 0 Å². The summed E-state index contributed by atoms with van der Waals surface area (Å²) >= 11 is 0.